The van der Waals surface area contributed by atoms with Gasteiger partial charge in [0.15, 0.2) is 0 Å². The standard InChI is InChI=1S/C54H100NO12P/c1-3-5-7-9-11-12-13-14-15-16-17-18-19-20-21-22-23-24-25-26-27-28-29-30-31-32-33-34-36-37-39-41-45(56)43-48(58)55-46(47(57)42-40-38-35-10-8-6-4-2)44-66-68(64,65)67-54-52(62)50(60)49(59)51(61)53(54)63/h8,10,17-18,20-21,40,42,45-47,49-54,56-57,59-63H,3-7,9,11-16,19,22-39,41,43-44H2,1-2H3,(H,55,58)(H,64,65)/b10-8+,18-17-,21-20-,42-40+. The maximum Gasteiger partial charge on any atom is 0.472 e. The van der Waals surface area contributed by atoms with E-state index in [2.05, 4.69) is 49.5 Å². The summed E-state index contributed by atoms with van der Waals surface area (Å²) in [6.45, 7) is 3.60. The van der Waals surface area contributed by atoms with Gasteiger partial charge in [0, 0.05) is 0 Å². The smallest absolute Gasteiger partial charge is 0.393 e. The van der Waals surface area contributed by atoms with Crippen molar-refractivity contribution in [2.45, 2.75) is 281 Å². The van der Waals surface area contributed by atoms with Crippen molar-refractivity contribution in [1.82, 2.24) is 5.32 Å². The highest BCUT2D eigenvalue weighted by Gasteiger charge is 2.51. The van der Waals surface area contributed by atoms with E-state index >= 15 is 0 Å². The number of nitrogens with one attached hydrogen (secondary N) is 1. The summed E-state index contributed by atoms with van der Waals surface area (Å²) in [6, 6.07) is -1.26. The van der Waals surface area contributed by atoms with Crippen LogP contribution in [0.1, 0.15) is 226 Å². The van der Waals surface area contributed by atoms with Crippen LogP contribution in [0, 0.1) is 0 Å². The second kappa shape index (κ2) is 42.9. The van der Waals surface area contributed by atoms with E-state index in [4.69, 9.17) is 9.05 Å². The summed E-state index contributed by atoms with van der Waals surface area (Å²) in [6.07, 6.45) is 40.0. The van der Waals surface area contributed by atoms with E-state index in [1.54, 1.807) is 6.08 Å². The van der Waals surface area contributed by atoms with Gasteiger partial charge in [-0.2, -0.15) is 0 Å². The number of rotatable bonds is 45. The van der Waals surface area contributed by atoms with Crippen molar-refractivity contribution in [3.05, 3.63) is 48.6 Å². The lowest BCUT2D eigenvalue weighted by atomic mass is 9.85. The molecule has 1 fully saturated rings. The fourth-order valence-electron chi connectivity index (χ4n) is 8.47. The molecule has 0 radical (unpaired) electrons. The molecule has 398 valence electrons. The average Bonchev–Trinajstić information content (AvgIpc) is 3.31. The molecule has 1 amide bonds. The highest BCUT2D eigenvalue weighted by molar-refractivity contribution is 7.47. The fraction of sp³-hybridized carbons (Fsp3) is 0.833. The Kier molecular flexibility index (Phi) is 40.5. The molecule has 0 bridgehead atoms. The maximum atomic E-state index is 13.0. The highest BCUT2D eigenvalue weighted by Crippen LogP contribution is 2.47. The van der Waals surface area contributed by atoms with Gasteiger partial charge in [-0.3, -0.25) is 13.8 Å². The highest BCUT2D eigenvalue weighted by atomic mass is 31.2. The van der Waals surface area contributed by atoms with Gasteiger partial charge in [-0.1, -0.05) is 210 Å². The number of carbonyl (C=O) groups is 1. The molecule has 1 rings (SSSR count). The van der Waals surface area contributed by atoms with Gasteiger partial charge in [-0.05, 0) is 57.8 Å². The molecular weight excluding hydrogens is 886 g/mol. The predicted molar refractivity (Wildman–Crippen MR) is 275 cm³/mol. The zero-order valence-electron chi connectivity index (χ0n) is 42.5. The summed E-state index contributed by atoms with van der Waals surface area (Å²) >= 11 is 0. The van der Waals surface area contributed by atoms with E-state index < -0.39 is 75.2 Å². The minimum Gasteiger partial charge on any atom is -0.393 e. The van der Waals surface area contributed by atoms with Crippen LogP contribution < -0.4 is 5.32 Å². The lowest BCUT2D eigenvalue weighted by Crippen LogP contribution is -2.64. The zero-order valence-corrected chi connectivity index (χ0v) is 43.4. The summed E-state index contributed by atoms with van der Waals surface area (Å²) in [5, 5.41) is 74.2. The second-order valence-corrected chi connectivity index (χ2v) is 20.7. The number of unbranched alkanes of at least 4 members (excludes halogenated alkanes) is 26. The van der Waals surface area contributed by atoms with Gasteiger partial charge in [0.05, 0.1) is 31.3 Å². The monoisotopic (exact) mass is 986 g/mol. The summed E-state index contributed by atoms with van der Waals surface area (Å²) in [7, 11) is -5.14. The number of hydrogen-bond acceptors (Lipinski definition) is 11. The van der Waals surface area contributed by atoms with Crippen molar-refractivity contribution < 1.29 is 59.0 Å². The van der Waals surface area contributed by atoms with Gasteiger partial charge in [-0.25, -0.2) is 4.57 Å². The van der Waals surface area contributed by atoms with Crippen LogP contribution >= 0.6 is 7.82 Å². The van der Waals surface area contributed by atoms with Crippen molar-refractivity contribution >= 4 is 13.7 Å². The molecule has 0 aromatic rings. The van der Waals surface area contributed by atoms with Gasteiger partial charge >= 0.3 is 7.82 Å². The number of aliphatic hydroxyl groups is 7. The molecule has 0 aliphatic heterocycles. The first-order valence-corrected chi connectivity index (χ1v) is 28.7. The van der Waals surface area contributed by atoms with Gasteiger partial charge < -0.3 is 46.0 Å². The Morgan fingerprint density at radius 2 is 0.941 bits per heavy atom. The number of phosphoric acid groups is 1. The Bertz CT molecular complexity index is 1350. The minimum absolute atomic E-state index is 0.254. The molecule has 8 atom stereocenters. The average molecular weight is 986 g/mol. The van der Waals surface area contributed by atoms with E-state index in [-0.39, 0.29) is 6.42 Å². The molecule has 1 saturated carbocycles. The summed E-state index contributed by atoms with van der Waals surface area (Å²) in [5.74, 6) is -0.607. The lowest BCUT2D eigenvalue weighted by Gasteiger charge is -2.41. The van der Waals surface area contributed by atoms with E-state index in [1.807, 2.05) is 6.08 Å². The largest absolute Gasteiger partial charge is 0.472 e. The quantitative estimate of drug-likeness (QED) is 0.0158. The molecule has 0 aromatic heterocycles. The third-order valence-electron chi connectivity index (χ3n) is 12.9. The molecule has 9 N–H and O–H groups in total. The topological polar surface area (TPSA) is 226 Å². The summed E-state index contributed by atoms with van der Waals surface area (Å²) < 4.78 is 22.8. The first-order chi connectivity index (χ1) is 32.8. The van der Waals surface area contributed by atoms with Gasteiger partial charge in [-0.15, -0.1) is 0 Å². The Morgan fingerprint density at radius 1 is 0.529 bits per heavy atom. The second-order valence-electron chi connectivity index (χ2n) is 19.3. The number of carbonyl (C=O) groups excluding carboxylic acids is 1. The van der Waals surface area contributed by atoms with E-state index in [1.165, 1.54) is 147 Å². The normalized spacial score (nSPS) is 22.4. The Balaban J connectivity index is 2.19. The van der Waals surface area contributed by atoms with Crippen LogP contribution in [0.3, 0.4) is 0 Å². The molecule has 14 heteroatoms. The SMILES string of the molecule is CCC/C=C/CC/C=C/C(O)C(COP(=O)(O)OC1C(O)C(O)C(O)C(O)C1O)NC(=O)CC(O)CCCCCCCCCCCCCCCCC/C=C\C/C=C\CCCCCCCCCCC. The van der Waals surface area contributed by atoms with Gasteiger partial charge in [0.25, 0.3) is 0 Å². The van der Waals surface area contributed by atoms with Crippen molar-refractivity contribution in [3.8, 4) is 0 Å². The Morgan fingerprint density at radius 3 is 1.43 bits per heavy atom. The van der Waals surface area contributed by atoms with Crippen LogP contribution in [0.5, 0.6) is 0 Å². The molecule has 1 aliphatic carbocycles. The van der Waals surface area contributed by atoms with Crippen molar-refractivity contribution in [1.29, 1.82) is 0 Å². The molecule has 68 heavy (non-hydrogen) atoms. The van der Waals surface area contributed by atoms with Crippen molar-refractivity contribution in [3.63, 3.8) is 0 Å². The van der Waals surface area contributed by atoms with E-state index in [9.17, 15) is 50.0 Å². The maximum absolute atomic E-state index is 13.0. The third-order valence-corrected chi connectivity index (χ3v) is 13.9. The van der Waals surface area contributed by atoms with Crippen LogP contribution in [0.15, 0.2) is 48.6 Å². The summed E-state index contributed by atoms with van der Waals surface area (Å²) in [5.41, 5.74) is 0. The molecule has 0 heterocycles. The van der Waals surface area contributed by atoms with Crippen LogP contribution in [0.4, 0.5) is 0 Å². The number of allylic oxidation sites excluding steroid dienone is 7. The van der Waals surface area contributed by atoms with Crippen molar-refractivity contribution in [2.24, 2.45) is 0 Å². The number of hydrogen-bond donors (Lipinski definition) is 9. The fourth-order valence-corrected chi connectivity index (χ4v) is 9.44. The minimum atomic E-state index is -5.14. The van der Waals surface area contributed by atoms with Crippen LogP contribution in [-0.4, -0.2) is 108 Å². The Hall–Kier alpha value is -1.74. The van der Waals surface area contributed by atoms with Crippen LogP contribution in [-0.2, 0) is 18.4 Å². The molecule has 0 saturated heterocycles. The van der Waals surface area contributed by atoms with Crippen molar-refractivity contribution in [2.75, 3.05) is 6.61 Å². The molecule has 0 spiro atoms. The first kappa shape index (κ1) is 64.3. The first-order valence-electron chi connectivity index (χ1n) is 27.2. The van der Waals surface area contributed by atoms with E-state index in [0.29, 0.717) is 12.8 Å². The number of phosphoric ester groups is 1. The number of amides is 1. The molecule has 1 aliphatic rings. The molecule has 8 unspecified atom stereocenters. The van der Waals surface area contributed by atoms with Crippen LogP contribution in [0.25, 0.3) is 0 Å². The third kappa shape index (κ3) is 33.8. The zero-order chi connectivity index (χ0) is 50.1. The summed E-state index contributed by atoms with van der Waals surface area (Å²) in [4.78, 5) is 23.4. The molecule has 0 aromatic carbocycles. The molecule has 13 nitrogen and oxygen atoms in total. The number of aliphatic hydroxyl groups excluding tert-OH is 7. The van der Waals surface area contributed by atoms with E-state index in [0.717, 1.165) is 51.4 Å². The Labute approximate surface area is 412 Å². The van der Waals surface area contributed by atoms with Gasteiger partial charge in [0.2, 0.25) is 5.91 Å². The lowest BCUT2D eigenvalue weighted by molar-refractivity contribution is -0.220. The van der Waals surface area contributed by atoms with Crippen LogP contribution in [0.2, 0.25) is 0 Å². The van der Waals surface area contributed by atoms with Gasteiger partial charge in [0.1, 0.15) is 36.6 Å². The molecular formula is C54H100NO12P. The predicted octanol–water partition coefficient (Wildman–Crippen LogP) is 10.7.